The molecule has 72 valence electrons. The van der Waals surface area contributed by atoms with Crippen molar-refractivity contribution >= 4 is 0 Å². The van der Waals surface area contributed by atoms with Crippen LogP contribution in [-0.4, -0.2) is 13.1 Å². The first-order chi connectivity index (χ1) is 5.93. The van der Waals surface area contributed by atoms with Crippen molar-refractivity contribution in [2.45, 2.75) is 45.4 Å². The predicted octanol–water partition coefficient (Wildman–Crippen LogP) is 2.07. The Morgan fingerprint density at radius 3 is 2.50 bits per heavy atom. The molecule has 0 amide bonds. The van der Waals surface area contributed by atoms with E-state index in [1.54, 1.807) is 0 Å². The van der Waals surface area contributed by atoms with Crippen molar-refractivity contribution in [3.63, 3.8) is 0 Å². The molecule has 1 aliphatic rings. The van der Waals surface area contributed by atoms with Gasteiger partial charge in [-0.2, -0.15) is 0 Å². The molecule has 0 aliphatic heterocycles. The highest BCUT2D eigenvalue weighted by Gasteiger charge is 2.11. The summed E-state index contributed by atoms with van der Waals surface area (Å²) in [5.74, 6) is 0.933. The Morgan fingerprint density at radius 1 is 1.08 bits per heavy atom. The van der Waals surface area contributed by atoms with Crippen molar-refractivity contribution in [3.05, 3.63) is 0 Å². The van der Waals surface area contributed by atoms with Gasteiger partial charge in [-0.3, -0.25) is 10.9 Å². The van der Waals surface area contributed by atoms with Crippen LogP contribution in [0.15, 0.2) is 0 Å². The van der Waals surface area contributed by atoms with Gasteiger partial charge in [-0.1, -0.05) is 26.2 Å². The fourth-order valence-corrected chi connectivity index (χ4v) is 1.82. The van der Waals surface area contributed by atoms with Crippen LogP contribution < -0.4 is 10.9 Å². The van der Waals surface area contributed by atoms with Gasteiger partial charge in [-0.05, 0) is 25.2 Å². The maximum Gasteiger partial charge on any atom is 0.0128 e. The van der Waals surface area contributed by atoms with Gasteiger partial charge >= 0.3 is 0 Å². The molecular weight excluding hydrogens is 148 g/mol. The summed E-state index contributed by atoms with van der Waals surface area (Å²) >= 11 is 0. The maximum atomic E-state index is 3.31. The molecule has 0 unspecified atom stereocenters. The highest BCUT2D eigenvalue weighted by Crippen LogP contribution is 2.22. The third kappa shape index (κ3) is 4.07. The van der Waals surface area contributed by atoms with Crippen LogP contribution in [0.25, 0.3) is 0 Å². The third-order valence-corrected chi connectivity index (χ3v) is 2.62. The normalized spacial score (nSPS) is 19.8. The summed E-state index contributed by atoms with van der Waals surface area (Å²) in [4.78, 5) is 0. The summed E-state index contributed by atoms with van der Waals surface area (Å²) in [7, 11) is 0. The van der Waals surface area contributed by atoms with E-state index in [2.05, 4.69) is 17.8 Å². The van der Waals surface area contributed by atoms with Crippen LogP contribution in [0.3, 0.4) is 0 Å². The van der Waals surface area contributed by atoms with Crippen LogP contribution in [0.2, 0.25) is 0 Å². The molecular formula is C10H22N2. The first-order valence-electron chi connectivity index (χ1n) is 5.39. The van der Waals surface area contributed by atoms with Gasteiger partial charge in [0.1, 0.15) is 0 Å². The topological polar surface area (TPSA) is 24.1 Å². The van der Waals surface area contributed by atoms with Crippen LogP contribution >= 0.6 is 0 Å². The van der Waals surface area contributed by atoms with Gasteiger partial charge in [0.15, 0.2) is 0 Å². The molecule has 2 N–H and O–H groups in total. The Labute approximate surface area is 76.1 Å². The van der Waals surface area contributed by atoms with Gasteiger partial charge in [-0.15, -0.1) is 0 Å². The van der Waals surface area contributed by atoms with Crippen molar-refractivity contribution in [1.29, 1.82) is 0 Å². The number of rotatable bonds is 5. The Hall–Kier alpha value is -0.0800. The van der Waals surface area contributed by atoms with Gasteiger partial charge in [-0.25, -0.2) is 0 Å². The molecule has 1 rings (SSSR count). The van der Waals surface area contributed by atoms with Gasteiger partial charge in [0, 0.05) is 13.1 Å². The van der Waals surface area contributed by atoms with E-state index in [9.17, 15) is 0 Å². The second-order valence-electron chi connectivity index (χ2n) is 3.81. The minimum Gasteiger partial charge on any atom is -0.258 e. The minimum atomic E-state index is 0.933. The second-order valence-corrected chi connectivity index (χ2v) is 3.81. The van der Waals surface area contributed by atoms with Crippen LogP contribution in [0.1, 0.15) is 45.4 Å². The molecule has 1 saturated carbocycles. The van der Waals surface area contributed by atoms with Crippen molar-refractivity contribution in [3.8, 4) is 0 Å². The molecule has 0 aromatic rings. The standard InChI is InChI=1S/C10H22N2/c1-2-8-11-12-9-10-6-4-3-5-7-10/h10-12H,2-9H2,1H3. The molecule has 0 aromatic carbocycles. The Balaban J connectivity index is 1.91. The summed E-state index contributed by atoms with van der Waals surface area (Å²) in [5, 5.41) is 0. The maximum absolute atomic E-state index is 3.31. The molecule has 1 aliphatic carbocycles. The van der Waals surface area contributed by atoms with E-state index >= 15 is 0 Å². The molecule has 0 bridgehead atoms. The molecule has 2 heteroatoms. The lowest BCUT2D eigenvalue weighted by atomic mass is 9.89. The molecule has 0 radical (unpaired) electrons. The van der Waals surface area contributed by atoms with E-state index in [-0.39, 0.29) is 0 Å². The smallest absolute Gasteiger partial charge is 0.0128 e. The average molecular weight is 170 g/mol. The molecule has 0 saturated heterocycles. The van der Waals surface area contributed by atoms with Crippen molar-refractivity contribution < 1.29 is 0 Å². The molecule has 0 aromatic heterocycles. The van der Waals surface area contributed by atoms with Crippen LogP contribution in [0, 0.1) is 5.92 Å². The summed E-state index contributed by atoms with van der Waals surface area (Å²) < 4.78 is 0. The fourth-order valence-electron chi connectivity index (χ4n) is 1.82. The van der Waals surface area contributed by atoms with E-state index in [0.29, 0.717) is 0 Å². The zero-order chi connectivity index (χ0) is 8.65. The van der Waals surface area contributed by atoms with Crippen molar-refractivity contribution in [1.82, 2.24) is 10.9 Å². The van der Waals surface area contributed by atoms with Crippen LogP contribution in [0.4, 0.5) is 0 Å². The molecule has 1 fully saturated rings. The zero-order valence-electron chi connectivity index (χ0n) is 8.23. The fraction of sp³-hybridized carbons (Fsp3) is 1.00. The molecule has 0 heterocycles. The summed E-state index contributed by atoms with van der Waals surface area (Å²) in [6.07, 6.45) is 8.42. The number of hydrogen-bond donors (Lipinski definition) is 2. The summed E-state index contributed by atoms with van der Waals surface area (Å²) in [6, 6.07) is 0. The van der Waals surface area contributed by atoms with E-state index in [1.165, 1.54) is 45.1 Å². The summed E-state index contributed by atoms with van der Waals surface area (Å²) in [6.45, 7) is 4.45. The van der Waals surface area contributed by atoms with Gasteiger partial charge < -0.3 is 0 Å². The first kappa shape index (κ1) is 10.0. The quantitative estimate of drug-likeness (QED) is 0.487. The number of nitrogens with one attached hydrogen (secondary N) is 2. The van der Waals surface area contributed by atoms with Gasteiger partial charge in [0.25, 0.3) is 0 Å². The highest BCUT2D eigenvalue weighted by molar-refractivity contribution is 4.66. The SMILES string of the molecule is CCCNNCC1CCCCC1. The van der Waals surface area contributed by atoms with Crippen molar-refractivity contribution in [2.24, 2.45) is 5.92 Å². The summed E-state index contributed by atoms with van der Waals surface area (Å²) in [5.41, 5.74) is 6.54. The van der Waals surface area contributed by atoms with Crippen LogP contribution in [-0.2, 0) is 0 Å². The Bertz CT molecular complexity index is 98.0. The highest BCUT2D eigenvalue weighted by atomic mass is 15.3. The first-order valence-corrected chi connectivity index (χ1v) is 5.39. The Morgan fingerprint density at radius 2 is 1.83 bits per heavy atom. The monoisotopic (exact) mass is 170 g/mol. The van der Waals surface area contributed by atoms with E-state index in [1.807, 2.05) is 0 Å². The Kier molecular flexibility index (Phi) is 5.37. The lowest BCUT2D eigenvalue weighted by Gasteiger charge is -2.21. The van der Waals surface area contributed by atoms with Crippen molar-refractivity contribution in [2.75, 3.05) is 13.1 Å². The molecule has 0 atom stereocenters. The van der Waals surface area contributed by atoms with E-state index < -0.39 is 0 Å². The van der Waals surface area contributed by atoms with E-state index in [4.69, 9.17) is 0 Å². The number of hydrazine groups is 1. The molecule has 2 nitrogen and oxygen atoms in total. The second kappa shape index (κ2) is 6.44. The van der Waals surface area contributed by atoms with Crippen LogP contribution in [0.5, 0.6) is 0 Å². The lowest BCUT2D eigenvalue weighted by molar-refractivity contribution is 0.326. The third-order valence-electron chi connectivity index (χ3n) is 2.62. The molecule has 0 spiro atoms. The lowest BCUT2D eigenvalue weighted by Crippen LogP contribution is -2.36. The predicted molar refractivity (Wildman–Crippen MR) is 52.9 cm³/mol. The largest absolute Gasteiger partial charge is 0.258 e. The van der Waals surface area contributed by atoms with Gasteiger partial charge in [0.05, 0.1) is 0 Å². The van der Waals surface area contributed by atoms with Gasteiger partial charge in [0.2, 0.25) is 0 Å². The number of hydrogen-bond acceptors (Lipinski definition) is 2. The zero-order valence-corrected chi connectivity index (χ0v) is 8.23. The average Bonchev–Trinajstić information content (AvgIpc) is 2.14. The minimum absolute atomic E-state index is 0.933. The van der Waals surface area contributed by atoms with E-state index in [0.717, 1.165) is 12.5 Å². The molecule has 12 heavy (non-hydrogen) atoms.